The third-order valence-corrected chi connectivity index (χ3v) is 4.35. The SMILES string of the molecule is CN(C)CC(C)(C)CNC1CC(c2ccc(Cl)cc2)C1. The number of rotatable bonds is 6. The van der Waals surface area contributed by atoms with Gasteiger partial charge in [-0.3, -0.25) is 0 Å². The predicted molar refractivity (Wildman–Crippen MR) is 87.6 cm³/mol. The minimum Gasteiger partial charge on any atom is -0.313 e. The van der Waals surface area contributed by atoms with Crippen LogP contribution >= 0.6 is 11.6 Å². The molecule has 0 aromatic heterocycles. The molecule has 1 aromatic carbocycles. The van der Waals surface area contributed by atoms with Gasteiger partial charge in [-0.1, -0.05) is 37.6 Å². The molecular formula is C17H27ClN2. The minimum atomic E-state index is 0.328. The average molecular weight is 295 g/mol. The summed E-state index contributed by atoms with van der Waals surface area (Å²) in [6, 6.07) is 9.01. The summed E-state index contributed by atoms with van der Waals surface area (Å²) in [7, 11) is 4.28. The van der Waals surface area contributed by atoms with Gasteiger partial charge in [0.05, 0.1) is 0 Å². The molecule has 2 rings (SSSR count). The molecule has 112 valence electrons. The van der Waals surface area contributed by atoms with E-state index in [1.165, 1.54) is 18.4 Å². The Labute approximate surface area is 128 Å². The third-order valence-electron chi connectivity index (χ3n) is 4.09. The van der Waals surface area contributed by atoms with Crippen molar-refractivity contribution in [3.05, 3.63) is 34.9 Å². The van der Waals surface area contributed by atoms with Crippen molar-refractivity contribution in [2.24, 2.45) is 5.41 Å². The first-order chi connectivity index (χ1) is 9.35. The topological polar surface area (TPSA) is 15.3 Å². The molecule has 1 N–H and O–H groups in total. The second-order valence-corrected chi connectivity index (χ2v) is 7.64. The van der Waals surface area contributed by atoms with E-state index >= 15 is 0 Å². The molecule has 1 aromatic rings. The number of nitrogens with zero attached hydrogens (tertiary/aromatic N) is 1. The number of hydrogen-bond donors (Lipinski definition) is 1. The number of benzene rings is 1. The van der Waals surface area contributed by atoms with Gasteiger partial charge in [-0.2, -0.15) is 0 Å². The van der Waals surface area contributed by atoms with Crippen LogP contribution in [-0.2, 0) is 0 Å². The van der Waals surface area contributed by atoms with E-state index in [4.69, 9.17) is 11.6 Å². The maximum Gasteiger partial charge on any atom is 0.0406 e. The summed E-state index contributed by atoms with van der Waals surface area (Å²) in [6.45, 7) is 6.86. The summed E-state index contributed by atoms with van der Waals surface area (Å²) < 4.78 is 0. The Bertz CT molecular complexity index is 419. The zero-order valence-corrected chi connectivity index (χ0v) is 13.9. The summed E-state index contributed by atoms with van der Waals surface area (Å²) in [5, 5.41) is 4.55. The second-order valence-electron chi connectivity index (χ2n) is 7.20. The fraction of sp³-hybridized carbons (Fsp3) is 0.647. The Morgan fingerprint density at radius 3 is 2.35 bits per heavy atom. The molecule has 20 heavy (non-hydrogen) atoms. The predicted octanol–water partition coefficient (Wildman–Crippen LogP) is 3.76. The summed E-state index contributed by atoms with van der Waals surface area (Å²) in [4.78, 5) is 2.26. The molecule has 1 fully saturated rings. The molecule has 0 atom stereocenters. The maximum absolute atomic E-state index is 5.93. The lowest BCUT2D eigenvalue weighted by molar-refractivity contribution is 0.200. The largest absolute Gasteiger partial charge is 0.313 e. The molecule has 1 aliphatic rings. The van der Waals surface area contributed by atoms with Crippen LogP contribution in [0.4, 0.5) is 0 Å². The molecule has 0 radical (unpaired) electrons. The Morgan fingerprint density at radius 2 is 1.80 bits per heavy atom. The van der Waals surface area contributed by atoms with Gasteiger partial charge in [-0.05, 0) is 56.0 Å². The molecule has 0 amide bonds. The van der Waals surface area contributed by atoms with Gasteiger partial charge >= 0.3 is 0 Å². The van der Waals surface area contributed by atoms with Gasteiger partial charge in [0, 0.05) is 24.2 Å². The van der Waals surface area contributed by atoms with Crippen molar-refractivity contribution >= 4 is 11.6 Å². The van der Waals surface area contributed by atoms with Crippen molar-refractivity contribution in [3.8, 4) is 0 Å². The van der Waals surface area contributed by atoms with Gasteiger partial charge in [0.25, 0.3) is 0 Å². The molecule has 0 heterocycles. The van der Waals surface area contributed by atoms with Crippen LogP contribution in [0, 0.1) is 5.41 Å². The van der Waals surface area contributed by atoms with Gasteiger partial charge in [0.15, 0.2) is 0 Å². The molecule has 0 bridgehead atoms. The molecule has 0 spiro atoms. The molecule has 0 unspecified atom stereocenters. The second kappa shape index (κ2) is 6.46. The van der Waals surface area contributed by atoms with Crippen LogP contribution in [0.1, 0.15) is 38.2 Å². The van der Waals surface area contributed by atoms with Crippen LogP contribution < -0.4 is 5.32 Å². The van der Waals surface area contributed by atoms with E-state index in [1.54, 1.807) is 0 Å². The fourth-order valence-electron chi connectivity index (χ4n) is 3.12. The normalized spacial score (nSPS) is 22.9. The van der Waals surface area contributed by atoms with Crippen molar-refractivity contribution in [1.82, 2.24) is 10.2 Å². The van der Waals surface area contributed by atoms with Crippen LogP contribution in [0.5, 0.6) is 0 Å². The lowest BCUT2D eigenvalue weighted by Crippen LogP contribution is -2.46. The van der Waals surface area contributed by atoms with Crippen molar-refractivity contribution < 1.29 is 0 Å². The number of halogens is 1. The smallest absolute Gasteiger partial charge is 0.0406 e. The summed E-state index contributed by atoms with van der Waals surface area (Å²) in [6.07, 6.45) is 2.50. The first kappa shape index (κ1) is 15.8. The van der Waals surface area contributed by atoms with Crippen LogP contribution in [0.25, 0.3) is 0 Å². The van der Waals surface area contributed by atoms with Crippen LogP contribution in [0.2, 0.25) is 5.02 Å². The van der Waals surface area contributed by atoms with Gasteiger partial charge in [0.1, 0.15) is 0 Å². The van der Waals surface area contributed by atoms with E-state index < -0.39 is 0 Å². The summed E-state index contributed by atoms with van der Waals surface area (Å²) in [5.74, 6) is 0.710. The van der Waals surface area contributed by atoms with E-state index in [9.17, 15) is 0 Å². The molecular weight excluding hydrogens is 268 g/mol. The average Bonchev–Trinajstić information content (AvgIpc) is 2.27. The van der Waals surface area contributed by atoms with Gasteiger partial charge in [0.2, 0.25) is 0 Å². The van der Waals surface area contributed by atoms with Gasteiger partial charge in [-0.25, -0.2) is 0 Å². The highest BCUT2D eigenvalue weighted by Gasteiger charge is 2.31. The Hall–Kier alpha value is -0.570. The molecule has 2 nitrogen and oxygen atoms in total. The van der Waals surface area contributed by atoms with Crippen molar-refractivity contribution in [2.45, 2.75) is 38.6 Å². The van der Waals surface area contributed by atoms with E-state index in [0.717, 1.165) is 18.1 Å². The van der Waals surface area contributed by atoms with E-state index in [0.29, 0.717) is 17.4 Å². The van der Waals surface area contributed by atoms with Crippen LogP contribution in [0.15, 0.2) is 24.3 Å². The van der Waals surface area contributed by atoms with Crippen LogP contribution in [0.3, 0.4) is 0 Å². The van der Waals surface area contributed by atoms with Crippen LogP contribution in [-0.4, -0.2) is 38.1 Å². The summed E-state index contributed by atoms with van der Waals surface area (Å²) in [5.41, 5.74) is 1.76. The summed E-state index contributed by atoms with van der Waals surface area (Å²) >= 11 is 5.93. The zero-order chi connectivity index (χ0) is 14.8. The molecule has 1 aliphatic carbocycles. The van der Waals surface area contributed by atoms with Gasteiger partial charge in [-0.15, -0.1) is 0 Å². The Kier molecular flexibility index (Phi) is 5.11. The zero-order valence-electron chi connectivity index (χ0n) is 13.1. The lowest BCUT2D eigenvalue weighted by atomic mass is 9.75. The van der Waals surface area contributed by atoms with Gasteiger partial charge < -0.3 is 10.2 Å². The minimum absolute atomic E-state index is 0.328. The van der Waals surface area contributed by atoms with Crippen molar-refractivity contribution in [2.75, 3.05) is 27.2 Å². The highest BCUT2D eigenvalue weighted by atomic mass is 35.5. The van der Waals surface area contributed by atoms with Crippen molar-refractivity contribution in [3.63, 3.8) is 0 Å². The fourth-order valence-corrected chi connectivity index (χ4v) is 3.25. The monoisotopic (exact) mass is 294 g/mol. The third kappa shape index (κ3) is 4.47. The first-order valence-corrected chi connectivity index (χ1v) is 7.87. The first-order valence-electron chi connectivity index (χ1n) is 7.49. The number of nitrogens with one attached hydrogen (secondary N) is 1. The van der Waals surface area contributed by atoms with E-state index in [2.05, 4.69) is 50.3 Å². The standard InChI is InChI=1S/C17H27ClN2/c1-17(2,12-20(3)4)11-19-16-9-14(10-16)13-5-7-15(18)8-6-13/h5-8,14,16,19H,9-12H2,1-4H3. The molecule has 3 heteroatoms. The lowest BCUT2D eigenvalue weighted by Gasteiger charge is -2.39. The quantitative estimate of drug-likeness (QED) is 0.859. The van der Waals surface area contributed by atoms with E-state index in [1.807, 2.05) is 12.1 Å². The Morgan fingerprint density at radius 1 is 1.20 bits per heavy atom. The highest BCUT2D eigenvalue weighted by Crippen LogP contribution is 2.37. The maximum atomic E-state index is 5.93. The molecule has 0 aliphatic heterocycles. The highest BCUT2D eigenvalue weighted by molar-refractivity contribution is 6.30. The molecule has 1 saturated carbocycles. The molecule has 0 saturated heterocycles. The Balaban J connectivity index is 1.73. The van der Waals surface area contributed by atoms with E-state index in [-0.39, 0.29) is 0 Å². The van der Waals surface area contributed by atoms with Crippen molar-refractivity contribution in [1.29, 1.82) is 0 Å². The number of hydrogen-bond acceptors (Lipinski definition) is 2.